The third kappa shape index (κ3) is 4.59. The van der Waals surface area contributed by atoms with Crippen LogP contribution >= 0.6 is 39.3 Å². The number of halogens is 2. The van der Waals surface area contributed by atoms with Gasteiger partial charge in [0, 0.05) is 15.2 Å². The molecule has 0 saturated heterocycles. The summed E-state index contributed by atoms with van der Waals surface area (Å²) >= 11 is 10.7. The Bertz CT molecular complexity index is 886. The van der Waals surface area contributed by atoms with E-state index in [0.717, 1.165) is 15.8 Å². The summed E-state index contributed by atoms with van der Waals surface area (Å²) in [6.07, 6.45) is 0. The van der Waals surface area contributed by atoms with E-state index in [2.05, 4.69) is 36.8 Å². The average Bonchev–Trinajstić information content (AvgIpc) is 3.05. The second-order valence-electron chi connectivity index (χ2n) is 5.11. The second-order valence-corrected chi connectivity index (χ2v) is 7.77. The first-order chi connectivity index (χ1) is 12.0. The van der Waals surface area contributed by atoms with Crippen molar-refractivity contribution in [2.75, 3.05) is 5.32 Å². The van der Waals surface area contributed by atoms with Gasteiger partial charge < -0.3 is 5.32 Å². The predicted molar refractivity (Wildman–Crippen MR) is 102 cm³/mol. The first kappa shape index (κ1) is 17.9. The Morgan fingerprint density at radius 3 is 2.76 bits per heavy atom. The maximum absolute atomic E-state index is 12.4. The zero-order valence-electron chi connectivity index (χ0n) is 13.1. The zero-order chi connectivity index (χ0) is 17.8. The number of carbonyl (C=O) groups excluding carboxylic acids is 1. The third-order valence-corrected chi connectivity index (χ3v) is 5.05. The number of benzene rings is 2. The zero-order valence-corrected chi connectivity index (χ0v) is 16.2. The van der Waals surface area contributed by atoms with Crippen molar-refractivity contribution in [1.29, 1.82) is 0 Å². The fourth-order valence-corrected chi connectivity index (χ4v) is 3.27. The van der Waals surface area contributed by atoms with Crippen molar-refractivity contribution in [3.63, 3.8) is 0 Å². The van der Waals surface area contributed by atoms with E-state index >= 15 is 0 Å². The summed E-state index contributed by atoms with van der Waals surface area (Å²) in [7, 11) is 0. The Morgan fingerprint density at radius 1 is 1.28 bits per heavy atom. The first-order valence-electron chi connectivity index (χ1n) is 7.30. The molecule has 0 fully saturated rings. The summed E-state index contributed by atoms with van der Waals surface area (Å²) < 4.78 is 2.51. The molecule has 0 spiro atoms. The minimum Gasteiger partial charge on any atom is -0.325 e. The van der Waals surface area contributed by atoms with Crippen molar-refractivity contribution in [2.24, 2.45) is 0 Å². The van der Waals surface area contributed by atoms with E-state index in [1.807, 2.05) is 36.4 Å². The molecule has 3 rings (SSSR count). The average molecular weight is 439 g/mol. The molecule has 1 heterocycles. The van der Waals surface area contributed by atoms with Gasteiger partial charge in [-0.3, -0.25) is 4.79 Å². The SMILES string of the molecule is C[C@H](Sc1nnnn1-c1cccc(Cl)c1)C(=O)Nc1ccc(Br)cc1. The number of nitrogens with one attached hydrogen (secondary N) is 1. The van der Waals surface area contributed by atoms with Gasteiger partial charge in [0.05, 0.1) is 10.9 Å². The van der Waals surface area contributed by atoms with Crippen LogP contribution in [0.4, 0.5) is 5.69 Å². The molecule has 25 heavy (non-hydrogen) atoms. The molecule has 6 nitrogen and oxygen atoms in total. The van der Waals surface area contributed by atoms with Gasteiger partial charge in [0.2, 0.25) is 11.1 Å². The van der Waals surface area contributed by atoms with Crippen molar-refractivity contribution in [2.45, 2.75) is 17.3 Å². The molecule has 9 heteroatoms. The highest BCUT2D eigenvalue weighted by Crippen LogP contribution is 2.25. The predicted octanol–water partition coefficient (Wildman–Crippen LogP) is 4.20. The van der Waals surface area contributed by atoms with Crippen molar-refractivity contribution >= 4 is 50.9 Å². The van der Waals surface area contributed by atoms with E-state index in [-0.39, 0.29) is 11.2 Å². The topological polar surface area (TPSA) is 72.7 Å². The second kappa shape index (κ2) is 7.99. The lowest BCUT2D eigenvalue weighted by atomic mass is 10.3. The minimum absolute atomic E-state index is 0.132. The lowest BCUT2D eigenvalue weighted by Crippen LogP contribution is -2.22. The van der Waals surface area contributed by atoms with Crippen LogP contribution in [0.5, 0.6) is 0 Å². The van der Waals surface area contributed by atoms with Crippen molar-refractivity contribution in [3.8, 4) is 5.69 Å². The number of nitrogens with zero attached hydrogens (tertiary/aromatic N) is 4. The number of thioether (sulfide) groups is 1. The number of carbonyl (C=O) groups is 1. The Hall–Kier alpha value is -1.90. The molecular weight excluding hydrogens is 426 g/mol. The molecule has 0 aliphatic heterocycles. The number of amides is 1. The van der Waals surface area contributed by atoms with Gasteiger partial charge >= 0.3 is 0 Å². The highest BCUT2D eigenvalue weighted by Gasteiger charge is 2.19. The maximum atomic E-state index is 12.4. The molecule has 0 aliphatic rings. The molecule has 0 saturated carbocycles. The van der Waals surface area contributed by atoms with Crippen LogP contribution in [0.25, 0.3) is 5.69 Å². The Kier molecular flexibility index (Phi) is 5.72. The van der Waals surface area contributed by atoms with Crippen molar-refractivity contribution < 1.29 is 4.79 Å². The largest absolute Gasteiger partial charge is 0.325 e. The van der Waals surface area contributed by atoms with Gasteiger partial charge in [0.25, 0.3) is 0 Å². The van der Waals surface area contributed by atoms with Crippen molar-refractivity contribution in [3.05, 3.63) is 58.0 Å². The van der Waals surface area contributed by atoms with Crippen LogP contribution in [0.1, 0.15) is 6.92 Å². The molecule has 1 atom stereocenters. The summed E-state index contributed by atoms with van der Waals surface area (Å²) in [5, 5.41) is 15.3. The smallest absolute Gasteiger partial charge is 0.237 e. The van der Waals surface area contributed by atoms with Crippen molar-refractivity contribution in [1.82, 2.24) is 20.2 Å². The summed E-state index contributed by atoms with van der Waals surface area (Å²) in [5.74, 6) is -0.132. The quantitative estimate of drug-likeness (QED) is 0.605. The summed E-state index contributed by atoms with van der Waals surface area (Å²) in [4.78, 5) is 12.4. The molecule has 1 amide bonds. The molecule has 0 radical (unpaired) electrons. The van der Waals surface area contributed by atoms with Crippen LogP contribution < -0.4 is 5.32 Å². The van der Waals surface area contributed by atoms with Crippen LogP contribution in [0.3, 0.4) is 0 Å². The highest BCUT2D eigenvalue weighted by molar-refractivity contribution is 9.10. The Labute approximate surface area is 162 Å². The molecule has 0 bridgehead atoms. The standard InChI is InChI=1S/C16H13BrClN5OS/c1-10(15(24)19-13-7-5-11(17)6-8-13)25-16-20-21-22-23(16)14-4-2-3-12(18)9-14/h2-10H,1H3,(H,19,24)/t10-/m0/s1. The van der Waals surface area contributed by atoms with Gasteiger partial charge in [-0.15, -0.1) is 5.10 Å². The monoisotopic (exact) mass is 437 g/mol. The van der Waals surface area contributed by atoms with Gasteiger partial charge in [0.15, 0.2) is 0 Å². The molecule has 2 aromatic carbocycles. The van der Waals surface area contributed by atoms with Crippen LogP contribution in [0.15, 0.2) is 58.2 Å². The van der Waals surface area contributed by atoms with Gasteiger partial charge in [0.1, 0.15) is 0 Å². The highest BCUT2D eigenvalue weighted by atomic mass is 79.9. The summed E-state index contributed by atoms with van der Waals surface area (Å²) in [6.45, 7) is 1.80. The van der Waals surface area contributed by atoms with Crippen LogP contribution in [-0.2, 0) is 4.79 Å². The fourth-order valence-electron chi connectivity index (χ4n) is 2.01. The maximum Gasteiger partial charge on any atom is 0.237 e. The van der Waals surface area contributed by atoms with Gasteiger partial charge in [-0.05, 0) is 59.8 Å². The normalized spacial score (nSPS) is 12.0. The molecule has 128 valence electrons. The van der Waals surface area contributed by atoms with Crippen LogP contribution in [0.2, 0.25) is 5.02 Å². The van der Waals surface area contributed by atoms with Crippen LogP contribution in [0, 0.1) is 0 Å². The number of tetrazole rings is 1. The first-order valence-corrected chi connectivity index (χ1v) is 9.35. The van der Waals surface area contributed by atoms with Crippen LogP contribution in [-0.4, -0.2) is 31.4 Å². The number of hydrogen-bond acceptors (Lipinski definition) is 5. The Balaban J connectivity index is 1.71. The molecule has 1 N–H and O–H groups in total. The van der Waals surface area contributed by atoms with E-state index in [9.17, 15) is 4.79 Å². The number of hydrogen-bond donors (Lipinski definition) is 1. The lowest BCUT2D eigenvalue weighted by molar-refractivity contribution is -0.115. The van der Waals surface area contributed by atoms with E-state index < -0.39 is 0 Å². The third-order valence-electron chi connectivity index (χ3n) is 3.26. The molecule has 1 aromatic heterocycles. The minimum atomic E-state index is -0.382. The van der Waals surface area contributed by atoms with Gasteiger partial charge in [-0.25, -0.2) is 0 Å². The molecular formula is C16H13BrClN5OS. The van der Waals surface area contributed by atoms with E-state index in [1.54, 1.807) is 23.7 Å². The van der Waals surface area contributed by atoms with Gasteiger partial charge in [-0.2, -0.15) is 4.68 Å². The lowest BCUT2D eigenvalue weighted by Gasteiger charge is -2.12. The summed E-state index contributed by atoms with van der Waals surface area (Å²) in [5.41, 5.74) is 1.47. The van der Waals surface area contributed by atoms with E-state index in [4.69, 9.17) is 11.6 Å². The van der Waals surface area contributed by atoms with E-state index in [1.165, 1.54) is 11.8 Å². The number of aromatic nitrogens is 4. The van der Waals surface area contributed by atoms with E-state index in [0.29, 0.717) is 10.2 Å². The number of anilines is 1. The molecule has 3 aromatic rings. The van der Waals surface area contributed by atoms with Gasteiger partial charge in [-0.1, -0.05) is 45.4 Å². The Morgan fingerprint density at radius 2 is 2.04 bits per heavy atom. The fraction of sp³-hybridized carbons (Fsp3) is 0.125. The number of rotatable bonds is 5. The summed E-state index contributed by atoms with van der Waals surface area (Å²) in [6, 6.07) is 14.6. The molecule has 0 unspecified atom stereocenters. The molecule has 0 aliphatic carbocycles.